The number of nitrogens with zero attached hydrogens (tertiary/aromatic N) is 2. The van der Waals surface area contributed by atoms with E-state index >= 15 is 0 Å². The van der Waals surface area contributed by atoms with Gasteiger partial charge in [0.05, 0.1) is 12.2 Å². The molecule has 134 valence electrons. The van der Waals surface area contributed by atoms with Crippen LogP contribution in [0.15, 0.2) is 54.3 Å². The largest absolute Gasteiger partial charge is 0.507 e. The number of phenolic OH excluding ortho intramolecular Hbond substituents is 1. The highest BCUT2D eigenvalue weighted by atomic mass is 32.1. The number of benzene rings is 1. The highest BCUT2D eigenvalue weighted by molar-refractivity contribution is 7.13. The third-order valence-corrected chi connectivity index (χ3v) is 4.28. The van der Waals surface area contributed by atoms with Crippen molar-refractivity contribution in [2.24, 2.45) is 0 Å². The first-order valence-electron chi connectivity index (χ1n) is 7.67. The van der Waals surface area contributed by atoms with Crippen molar-refractivity contribution in [3.63, 3.8) is 0 Å². The van der Waals surface area contributed by atoms with Gasteiger partial charge in [0, 0.05) is 29.7 Å². The predicted octanol–water partition coefficient (Wildman–Crippen LogP) is 1.37. The molecule has 26 heavy (non-hydrogen) atoms. The van der Waals surface area contributed by atoms with E-state index in [0.717, 1.165) is 0 Å². The number of thiazole rings is 1. The van der Waals surface area contributed by atoms with Gasteiger partial charge in [0.25, 0.3) is 11.8 Å². The highest BCUT2D eigenvalue weighted by Crippen LogP contribution is 2.21. The van der Waals surface area contributed by atoms with E-state index in [-0.39, 0.29) is 11.3 Å². The minimum absolute atomic E-state index is 0.00306. The number of amides is 2. The van der Waals surface area contributed by atoms with Gasteiger partial charge in [-0.05, 0) is 30.3 Å². The van der Waals surface area contributed by atoms with Gasteiger partial charge in [-0.3, -0.25) is 9.59 Å². The molecule has 0 aliphatic carbocycles. The van der Waals surface area contributed by atoms with Gasteiger partial charge in [0.1, 0.15) is 11.8 Å². The Kier molecular flexibility index (Phi) is 5.30. The van der Waals surface area contributed by atoms with Gasteiger partial charge >= 0.3 is 0 Å². The topological polar surface area (TPSA) is 116 Å². The Morgan fingerprint density at radius 2 is 2.04 bits per heavy atom. The molecule has 1 aromatic carbocycles. The molecule has 0 saturated heterocycles. The fourth-order valence-electron chi connectivity index (χ4n) is 2.28. The van der Waals surface area contributed by atoms with E-state index in [1.807, 2.05) is 12.1 Å². The van der Waals surface area contributed by atoms with Crippen LogP contribution in [0.5, 0.6) is 5.75 Å². The van der Waals surface area contributed by atoms with Gasteiger partial charge < -0.3 is 25.4 Å². The van der Waals surface area contributed by atoms with Crippen molar-refractivity contribution < 1.29 is 19.8 Å². The molecule has 0 unspecified atom stereocenters. The normalized spacial score (nSPS) is 11.7. The van der Waals surface area contributed by atoms with Crippen molar-refractivity contribution in [2.75, 3.05) is 11.9 Å². The summed E-state index contributed by atoms with van der Waals surface area (Å²) in [4.78, 5) is 28.6. The lowest BCUT2D eigenvalue weighted by molar-refractivity contribution is -0.118. The Morgan fingerprint density at radius 1 is 1.27 bits per heavy atom. The van der Waals surface area contributed by atoms with E-state index in [0.29, 0.717) is 10.8 Å². The highest BCUT2D eigenvalue weighted by Gasteiger charge is 2.23. The number of phenols is 1. The van der Waals surface area contributed by atoms with E-state index in [1.54, 1.807) is 28.4 Å². The van der Waals surface area contributed by atoms with Crippen LogP contribution in [-0.4, -0.2) is 44.2 Å². The lowest BCUT2D eigenvalue weighted by Crippen LogP contribution is -2.46. The number of nitrogens with one attached hydrogen (secondary N) is 2. The second-order valence-electron chi connectivity index (χ2n) is 5.33. The number of anilines is 1. The van der Waals surface area contributed by atoms with Gasteiger partial charge in [-0.1, -0.05) is 0 Å². The molecule has 0 fully saturated rings. The molecule has 0 saturated carbocycles. The van der Waals surface area contributed by atoms with Crippen LogP contribution >= 0.6 is 11.3 Å². The Morgan fingerprint density at radius 3 is 2.69 bits per heavy atom. The maximum atomic E-state index is 12.5. The van der Waals surface area contributed by atoms with Crippen LogP contribution in [-0.2, 0) is 4.79 Å². The average molecular weight is 372 g/mol. The molecule has 3 rings (SSSR count). The maximum absolute atomic E-state index is 12.5. The Balaban J connectivity index is 1.75. The van der Waals surface area contributed by atoms with E-state index in [1.165, 1.54) is 29.7 Å². The van der Waals surface area contributed by atoms with E-state index in [9.17, 15) is 19.8 Å². The monoisotopic (exact) mass is 372 g/mol. The molecule has 2 amide bonds. The number of aromatic hydroxyl groups is 1. The van der Waals surface area contributed by atoms with Gasteiger partial charge in [-0.25, -0.2) is 4.98 Å². The first kappa shape index (κ1) is 17.6. The number of rotatable bonds is 6. The molecular weight excluding hydrogens is 356 g/mol. The molecule has 3 aromatic rings. The molecular formula is C17H16N4O4S. The molecule has 0 spiro atoms. The van der Waals surface area contributed by atoms with Crippen molar-refractivity contribution >= 4 is 28.3 Å². The number of carbonyl (C=O) groups excluding carboxylic acids is 2. The fraction of sp³-hybridized carbons (Fsp3) is 0.118. The van der Waals surface area contributed by atoms with Gasteiger partial charge in [-0.2, -0.15) is 0 Å². The van der Waals surface area contributed by atoms with Crippen molar-refractivity contribution in [1.29, 1.82) is 0 Å². The predicted molar refractivity (Wildman–Crippen MR) is 96.5 cm³/mol. The lowest BCUT2D eigenvalue weighted by Gasteiger charge is -2.16. The van der Waals surface area contributed by atoms with Gasteiger partial charge in [0.15, 0.2) is 5.13 Å². The molecule has 4 N–H and O–H groups in total. The fourth-order valence-corrected chi connectivity index (χ4v) is 2.81. The zero-order chi connectivity index (χ0) is 18.5. The summed E-state index contributed by atoms with van der Waals surface area (Å²) in [5.74, 6) is -1.50. The second-order valence-corrected chi connectivity index (χ2v) is 6.22. The molecule has 9 heteroatoms. The molecule has 0 radical (unpaired) electrons. The third-order valence-electron chi connectivity index (χ3n) is 3.59. The summed E-state index contributed by atoms with van der Waals surface area (Å²) in [5.41, 5.74) is 0.669. The number of carbonyl (C=O) groups is 2. The minimum Gasteiger partial charge on any atom is -0.507 e. The number of aromatic nitrogens is 2. The summed E-state index contributed by atoms with van der Waals surface area (Å²) in [6, 6.07) is 7.03. The average Bonchev–Trinajstić information content (AvgIpc) is 3.33. The van der Waals surface area contributed by atoms with E-state index < -0.39 is 24.5 Å². The van der Waals surface area contributed by atoms with Crippen molar-refractivity contribution in [3.8, 4) is 11.4 Å². The van der Waals surface area contributed by atoms with Crippen molar-refractivity contribution in [1.82, 2.24) is 14.9 Å². The number of hydrogen-bond donors (Lipinski definition) is 4. The lowest BCUT2D eigenvalue weighted by atomic mass is 10.1. The zero-order valence-corrected chi connectivity index (χ0v) is 14.3. The van der Waals surface area contributed by atoms with Crippen LogP contribution in [0, 0.1) is 0 Å². The van der Waals surface area contributed by atoms with E-state index in [4.69, 9.17) is 0 Å². The Hall–Kier alpha value is -3.17. The summed E-state index contributed by atoms with van der Waals surface area (Å²) in [6.45, 7) is -0.596. The van der Waals surface area contributed by atoms with Crippen LogP contribution in [0.1, 0.15) is 10.4 Å². The van der Waals surface area contributed by atoms with Crippen molar-refractivity contribution in [3.05, 3.63) is 59.9 Å². The number of aliphatic hydroxyl groups is 1. The molecule has 0 aliphatic heterocycles. The maximum Gasteiger partial charge on any atom is 0.255 e. The Labute approximate surface area is 152 Å². The van der Waals surface area contributed by atoms with E-state index in [2.05, 4.69) is 15.6 Å². The SMILES string of the molecule is O=C(N[C@@H](CO)C(=O)Nc1nccs1)c1cc(-n2cccc2)ccc1O. The van der Waals surface area contributed by atoms with Crippen LogP contribution in [0.25, 0.3) is 5.69 Å². The summed E-state index contributed by atoms with van der Waals surface area (Å²) in [6.07, 6.45) is 5.12. The van der Waals surface area contributed by atoms with Crippen LogP contribution in [0.4, 0.5) is 5.13 Å². The standard InChI is InChI=1S/C17H16N4O4S/c22-10-13(16(25)20-17-18-5-8-26-17)19-15(24)12-9-11(3-4-14(12)23)21-6-1-2-7-21/h1-9,13,22-23H,10H2,(H,19,24)(H,18,20,25)/t13-/m0/s1. The van der Waals surface area contributed by atoms with Crippen LogP contribution in [0.2, 0.25) is 0 Å². The van der Waals surface area contributed by atoms with Gasteiger partial charge in [-0.15, -0.1) is 11.3 Å². The molecule has 8 nitrogen and oxygen atoms in total. The number of aliphatic hydroxyl groups excluding tert-OH is 1. The first-order chi connectivity index (χ1) is 12.6. The van der Waals surface area contributed by atoms with Crippen LogP contribution in [0.3, 0.4) is 0 Å². The van der Waals surface area contributed by atoms with Crippen LogP contribution < -0.4 is 10.6 Å². The van der Waals surface area contributed by atoms with Gasteiger partial charge in [0.2, 0.25) is 0 Å². The number of hydrogen-bond acceptors (Lipinski definition) is 6. The smallest absolute Gasteiger partial charge is 0.255 e. The minimum atomic E-state index is -1.18. The first-order valence-corrected chi connectivity index (χ1v) is 8.55. The molecule has 0 aliphatic rings. The molecule has 1 atom stereocenters. The Bertz CT molecular complexity index is 894. The molecule has 2 aromatic heterocycles. The third kappa shape index (κ3) is 3.90. The summed E-state index contributed by atoms with van der Waals surface area (Å²) in [7, 11) is 0. The summed E-state index contributed by atoms with van der Waals surface area (Å²) >= 11 is 1.22. The second kappa shape index (κ2) is 7.81. The summed E-state index contributed by atoms with van der Waals surface area (Å²) in [5, 5.41) is 26.4. The van der Waals surface area contributed by atoms with Crippen molar-refractivity contribution in [2.45, 2.75) is 6.04 Å². The molecule has 2 heterocycles. The zero-order valence-electron chi connectivity index (χ0n) is 13.5. The quantitative estimate of drug-likeness (QED) is 0.521. The summed E-state index contributed by atoms with van der Waals surface area (Å²) < 4.78 is 1.77. The molecule has 0 bridgehead atoms.